The molecule has 2 amide bonds. The molecule has 154 valence electrons. The largest absolute Gasteiger partial charge is 0.494 e. The second kappa shape index (κ2) is 10.5. The fraction of sp³-hybridized carbons (Fsp3) is 0.652. The normalized spacial score (nSPS) is 18.8. The van der Waals surface area contributed by atoms with Gasteiger partial charge in [-0.05, 0) is 69.1 Å². The maximum atomic E-state index is 12.6. The number of ether oxygens (including phenoxy) is 1. The van der Waals surface area contributed by atoms with Crippen molar-refractivity contribution in [2.75, 3.05) is 32.8 Å². The molecule has 28 heavy (non-hydrogen) atoms. The second-order valence-corrected chi connectivity index (χ2v) is 8.07. The molecule has 2 aliphatic rings. The molecule has 0 unspecified atom stereocenters. The summed E-state index contributed by atoms with van der Waals surface area (Å²) in [6.07, 6.45) is 8.05. The lowest BCUT2D eigenvalue weighted by Crippen LogP contribution is -2.45. The SMILES string of the molecule is CCOc1ccc(CCC2CCN(C(=O)CN3CCCCCC3=O)CC2)cc1. The first kappa shape index (κ1) is 20.7. The van der Waals surface area contributed by atoms with Gasteiger partial charge in [-0.1, -0.05) is 18.6 Å². The fourth-order valence-electron chi connectivity index (χ4n) is 4.23. The van der Waals surface area contributed by atoms with E-state index in [4.69, 9.17) is 4.74 Å². The van der Waals surface area contributed by atoms with Crippen LogP contribution in [-0.4, -0.2) is 54.4 Å². The molecule has 1 aromatic carbocycles. The molecule has 0 aliphatic carbocycles. The molecule has 2 fully saturated rings. The van der Waals surface area contributed by atoms with E-state index in [1.165, 1.54) is 12.0 Å². The van der Waals surface area contributed by atoms with Crippen LogP contribution in [0.3, 0.4) is 0 Å². The standard InChI is InChI=1S/C23H34N2O3/c1-2-28-21-11-9-19(10-12-21)7-8-20-13-16-24(17-14-20)23(27)18-25-15-5-3-4-6-22(25)26/h9-12,20H,2-8,13-18H2,1H3. The number of carbonyl (C=O) groups is 2. The van der Waals surface area contributed by atoms with Crippen LogP contribution in [0.25, 0.3) is 0 Å². The van der Waals surface area contributed by atoms with Crippen molar-refractivity contribution in [2.45, 2.75) is 58.3 Å². The van der Waals surface area contributed by atoms with E-state index in [2.05, 4.69) is 12.1 Å². The van der Waals surface area contributed by atoms with Crippen LogP contribution in [0.2, 0.25) is 0 Å². The Labute approximate surface area is 169 Å². The molecule has 2 saturated heterocycles. The molecule has 0 radical (unpaired) electrons. The average Bonchev–Trinajstić information content (AvgIpc) is 2.92. The number of nitrogens with zero attached hydrogens (tertiary/aromatic N) is 2. The number of hydrogen-bond acceptors (Lipinski definition) is 3. The van der Waals surface area contributed by atoms with Crippen LogP contribution in [0.4, 0.5) is 0 Å². The molecule has 1 aromatic rings. The Balaban J connectivity index is 1.38. The van der Waals surface area contributed by atoms with Crippen LogP contribution >= 0.6 is 0 Å². The summed E-state index contributed by atoms with van der Waals surface area (Å²) >= 11 is 0. The summed E-state index contributed by atoms with van der Waals surface area (Å²) < 4.78 is 5.50. The van der Waals surface area contributed by atoms with Crippen molar-refractivity contribution in [1.29, 1.82) is 0 Å². The molecule has 5 nitrogen and oxygen atoms in total. The molecular weight excluding hydrogens is 352 g/mol. The molecule has 3 rings (SSSR count). The summed E-state index contributed by atoms with van der Waals surface area (Å²) in [5.74, 6) is 1.88. The minimum Gasteiger partial charge on any atom is -0.494 e. The van der Waals surface area contributed by atoms with Gasteiger partial charge in [0.2, 0.25) is 11.8 Å². The molecule has 0 atom stereocenters. The van der Waals surface area contributed by atoms with Crippen molar-refractivity contribution in [3.63, 3.8) is 0 Å². The Morgan fingerprint density at radius 3 is 2.54 bits per heavy atom. The van der Waals surface area contributed by atoms with E-state index in [1.54, 1.807) is 4.90 Å². The number of benzene rings is 1. The molecule has 0 N–H and O–H groups in total. The van der Waals surface area contributed by atoms with Gasteiger partial charge in [0.15, 0.2) is 0 Å². The number of likely N-dealkylation sites (tertiary alicyclic amines) is 2. The minimum absolute atomic E-state index is 0.125. The van der Waals surface area contributed by atoms with Gasteiger partial charge in [0.1, 0.15) is 5.75 Å². The highest BCUT2D eigenvalue weighted by atomic mass is 16.5. The highest BCUT2D eigenvalue weighted by Gasteiger charge is 2.26. The second-order valence-electron chi connectivity index (χ2n) is 8.07. The van der Waals surface area contributed by atoms with Crippen molar-refractivity contribution >= 4 is 11.8 Å². The van der Waals surface area contributed by atoms with Crippen LogP contribution in [0, 0.1) is 5.92 Å². The Kier molecular flexibility index (Phi) is 7.75. The van der Waals surface area contributed by atoms with Gasteiger partial charge >= 0.3 is 0 Å². The van der Waals surface area contributed by atoms with Crippen molar-refractivity contribution < 1.29 is 14.3 Å². The number of amides is 2. The average molecular weight is 387 g/mol. The highest BCUT2D eigenvalue weighted by Crippen LogP contribution is 2.23. The summed E-state index contributed by atoms with van der Waals surface area (Å²) in [7, 11) is 0. The topological polar surface area (TPSA) is 49.9 Å². The van der Waals surface area contributed by atoms with Gasteiger partial charge in [-0.15, -0.1) is 0 Å². The van der Waals surface area contributed by atoms with Crippen LogP contribution in [-0.2, 0) is 16.0 Å². The number of carbonyl (C=O) groups excluding carboxylic acids is 2. The van der Waals surface area contributed by atoms with Crippen molar-refractivity contribution in [1.82, 2.24) is 9.80 Å². The van der Waals surface area contributed by atoms with Crippen molar-refractivity contribution in [3.05, 3.63) is 29.8 Å². The van der Waals surface area contributed by atoms with Gasteiger partial charge in [0, 0.05) is 26.1 Å². The highest BCUT2D eigenvalue weighted by molar-refractivity contribution is 5.85. The van der Waals surface area contributed by atoms with E-state index in [0.717, 1.165) is 63.9 Å². The zero-order valence-electron chi connectivity index (χ0n) is 17.2. The fourth-order valence-corrected chi connectivity index (χ4v) is 4.23. The molecule has 2 heterocycles. The molecule has 5 heteroatoms. The van der Waals surface area contributed by atoms with Crippen molar-refractivity contribution in [2.24, 2.45) is 5.92 Å². The first-order chi connectivity index (χ1) is 13.7. The van der Waals surface area contributed by atoms with E-state index >= 15 is 0 Å². The number of piperidine rings is 1. The summed E-state index contributed by atoms with van der Waals surface area (Å²) in [5.41, 5.74) is 1.35. The Hall–Kier alpha value is -2.04. The van der Waals surface area contributed by atoms with E-state index in [9.17, 15) is 9.59 Å². The van der Waals surface area contributed by atoms with Crippen LogP contribution in [0.1, 0.15) is 57.4 Å². The molecule has 0 spiro atoms. The number of rotatable bonds is 7. The Morgan fingerprint density at radius 2 is 1.82 bits per heavy atom. The third-order valence-corrected chi connectivity index (χ3v) is 6.04. The lowest BCUT2D eigenvalue weighted by molar-refractivity contribution is -0.141. The van der Waals surface area contributed by atoms with E-state index in [1.807, 2.05) is 24.0 Å². The third kappa shape index (κ3) is 5.98. The first-order valence-electron chi connectivity index (χ1n) is 10.9. The molecule has 0 bridgehead atoms. The van der Waals surface area contributed by atoms with Crippen LogP contribution < -0.4 is 4.74 Å². The van der Waals surface area contributed by atoms with Gasteiger partial charge in [-0.3, -0.25) is 9.59 Å². The predicted molar refractivity (Wildman–Crippen MR) is 110 cm³/mol. The van der Waals surface area contributed by atoms with Crippen LogP contribution in [0.15, 0.2) is 24.3 Å². The van der Waals surface area contributed by atoms with Gasteiger partial charge in [-0.25, -0.2) is 0 Å². The zero-order chi connectivity index (χ0) is 19.8. The summed E-state index contributed by atoms with van der Waals surface area (Å²) in [6.45, 7) is 5.36. The van der Waals surface area contributed by atoms with E-state index in [0.29, 0.717) is 18.9 Å². The Morgan fingerprint density at radius 1 is 1.07 bits per heavy atom. The number of hydrogen-bond donors (Lipinski definition) is 0. The lowest BCUT2D eigenvalue weighted by atomic mass is 9.90. The molecule has 0 aromatic heterocycles. The maximum absolute atomic E-state index is 12.6. The minimum atomic E-state index is 0.125. The van der Waals surface area contributed by atoms with Crippen molar-refractivity contribution in [3.8, 4) is 5.75 Å². The quantitative estimate of drug-likeness (QED) is 0.719. The Bertz CT molecular complexity index is 636. The molecule has 2 aliphatic heterocycles. The third-order valence-electron chi connectivity index (χ3n) is 6.04. The van der Waals surface area contributed by atoms with Gasteiger partial charge in [0.25, 0.3) is 0 Å². The molecule has 0 saturated carbocycles. The summed E-state index contributed by atoms with van der Waals surface area (Å²) in [6, 6.07) is 8.40. The summed E-state index contributed by atoms with van der Waals surface area (Å²) in [5, 5.41) is 0. The van der Waals surface area contributed by atoms with E-state index in [-0.39, 0.29) is 18.4 Å². The predicted octanol–water partition coefficient (Wildman–Crippen LogP) is 3.66. The number of aryl methyl sites for hydroxylation is 1. The lowest BCUT2D eigenvalue weighted by Gasteiger charge is -2.33. The summed E-state index contributed by atoms with van der Waals surface area (Å²) in [4.78, 5) is 28.5. The van der Waals surface area contributed by atoms with Crippen LogP contribution in [0.5, 0.6) is 5.75 Å². The van der Waals surface area contributed by atoms with E-state index < -0.39 is 0 Å². The van der Waals surface area contributed by atoms with Gasteiger partial charge < -0.3 is 14.5 Å². The maximum Gasteiger partial charge on any atom is 0.242 e. The monoisotopic (exact) mass is 386 g/mol. The van der Waals surface area contributed by atoms with Gasteiger partial charge in [0.05, 0.1) is 13.2 Å². The van der Waals surface area contributed by atoms with Gasteiger partial charge in [-0.2, -0.15) is 0 Å². The smallest absolute Gasteiger partial charge is 0.242 e. The molecular formula is C23H34N2O3. The zero-order valence-corrected chi connectivity index (χ0v) is 17.2. The first-order valence-corrected chi connectivity index (χ1v) is 10.9.